The van der Waals surface area contributed by atoms with E-state index in [0.717, 1.165) is 17.2 Å². The third kappa shape index (κ3) is 4.31. The van der Waals surface area contributed by atoms with Crippen molar-refractivity contribution in [2.45, 2.75) is 19.0 Å². The number of nitrogens with one attached hydrogen (secondary N) is 1. The molecule has 1 saturated heterocycles. The van der Waals surface area contributed by atoms with Crippen molar-refractivity contribution in [3.63, 3.8) is 0 Å². The van der Waals surface area contributed by atoms with Crippen LogP contribution in [0.1, 0.15) is 18.5 Å². The van der Waals surface area contributed by atoms with Crippen LogP contribution in [0, 0.1) is 11.7 Å². The van der Waals surface area contributed by atoms with E-state index in [0.29, 0.717) is 22.0 Å². The second-order valence-corrected chi connectivity index (χ2v) is 10.8. The minimum Gasteiger partial charge on any atom is -0.303 e. The van der Waals surface area contributed by atoms with E-state index in [1.165, 1.54) is 12.1 Å². The molecule has 0 saturated carbocycles. The molecule has 4 aromatic rings. The summed E-state index contributed by atoms with van der Waals surface area (Å²) >= 11 is 6.51. The van der Waals surface area contributed by atoms with Crippen LogP contribution < -0.4 is 9.62 Å². The zero-order valence-electron chi connectivity index (χ0n) is 18.9. The highest BCUT2D eigenvalue weighted by molar-refractivity contribution is 7.88. The first-order valence-corrected chi connectivity index (χ1v) is 13.2. The lowest BCUT2D eigenvalue weighted by Gasteiger charge is -2.29. The molecule has 1 fully saturated rings. The molecule has 7 nitrogen and oxygen atoms in total. The Hall–Kier alpha value is -3.27. The molecular weight excluding hydrogens is 491 g/mol. The summed E-state index contributed by atoms with van der Waals surface area (Å²) in [7, 11) is -3.60. The van der Waals surface area contributed by atoms with Gasteiger partial charge in [-0.1, -0.05) is 36.7 Å². The Morgan fingerprint density at radius 2 is 1.71 bits per heavy atom. The normalized spacial score (nSPS) is 20.6. The second kappa shape index (κ2) is 8.75. The number of amides is 1. The van der Waals surface area contributed by atoms with Crippen LogP contribution in [0.5, 0.6) is 0 Å². The van der Waals surface area contributed by atoms with E-state index in [1.54, 1.807) is 65.2 Å². The van der Waals surface area contributed by atoms with Crippen LogP contribution in [0.25, 0.3) is 16.6 Å². The highest BCUT2D eigenvalue weighted by Crippen LogP contribution is 2.43. The van der Waals surface area contributed by atoms with E-state index < -0.39 is 28.0 Å². The topological polar surface area (TPSA) is 84.3 Å². The van der Waals surface area contributed by atoms with E-state index in [1.807, 2.05) is 12.1 Å². The summed E-state index contributed by atoms with van der Waals surface area (Å²) in [6.07, 6.45) is 2.75. The van der Waals surface area contributed by atoms with E-state index in [-0.39, 0.29) is 11.7 Å². The Morgan fingerprint density at radius 1 is 1.03 bits per heavy atom. The molecule has 1 aliphatic rings. The average Bonchev–Trinajstić information content (AvgIpc) is 3.33. The summed E-state index contributed by atoms with van der Waals surface area (Å²) in [6, 6.07) is 17.2. The minimum absolute atomic E-state index is 0.221. The van der Waals surface area contributed by atoms with Crippen LogP contribution in [0.4, 0.5) is 10.1 Å². The molecular formula is C25H22ClFN4O3S. The van der Waals surface area contributed by atoms with E-state index in [4.69, 9.17) is 11.6 Å². The molecule has 10 heteroatoms. The molecule has 3 atom stereocenters. The maximum atomic E-state index is 13.5. The molecule has 0 bridgehead atoms. The first kappa shape index (κ1) is 23.5. The van der Waals surface area contributed by atoms with Crippen molar-refractivity contribution in [2.75, 3.05) is 11.2 Å². The lowest BCUT2D eigenvalue weighted by atomic mass is 9.95. The molecule has 2 heterocycles. The average molecular weight is 513 g/mol. The molecule has 0 unspecified atom stereocenters. The van der Waals surface area contributed by atoms with Gasteiger partial charge in [0.05, 0.1) is 41.7 Å². The number of fused-ring (bicyclic) bond motifs is 1. The summed E-state index contributed by atoms with van der Waals surface area (Å²) in [6.45, 7) is 1.71. The molecule has 0 aliphatic carbocycles. The van der Waals surface area contributed by atoms with Gasteiger partial charge in [-0.3, -0.25) is 4.79 Å². The van der Waals surface area contributed by atoms with Gasteiger partial charge in [0.1, 0.15) is 5.82 Å². The van der Waals surface area contributed by atoms with Gasteiger partial charge in [-0.05, 0) is 54.1 Å². The van der Waals surface area contributed by atoms with Crippen LogP contribution in [-0.2, 0) is 14.8 Å². The highest BCUT2D eigenvalue weighted by atomic mass is 35.5. The fraction of sp³-hybridized carbons (Fsp3) is 0.200. The predicted molar refractivity (Wildman–Crippen MR) is 134 cm³/mol. The van der Waals surface area contributed by atoms with Gasteiger partial charge in [-0.25, -0.2) is 22.2 Å². The maximum absolute atomic E-state index is 13.5. The number of benzene rings is 3. The number of sulfonamides is 1. The summed E-state index contributed by atoms with van der Waals surface area (Å²) in [5.41, 5.74) is 2.72. The molecule has 0 spiro atoms. The van der Waals surface area contributed by atoms with Crippen molar-refractivity contribution in [2.24, 2.45) is 5.92 Å². The largest absolute Gasteiger partial charge is 0.303 e. The Balaban J connectivity index is 1.62. The van der Waals surface area contributed by atoms with Crippen LogP contribution in [-0.4, -0.2) is 36.4 Å². The monoisotopic (exact) mass is 512 g/mol. The first-order chi connectivity index (χ1) is 16.6. The fourth-order valence-corrected chi connectivity index (χ4v) is 5.73. The summed E-state index contributed by atoms with van der Waals surface area (Å²) in [5, 5.41) is 5.64. The molecule has 5 rings (SSSR count). The van der Waals surface area contributed by atoms with E-state index in [9.17, 15) is 17.6 Å². The zero-order valence-corrected chi connectivity index (χ0v) is 20.5. The van der Waals surface area contributed by atoms with Crippen molar-refractivity contribution in [1.29, 1.82) is 0 Å². The van der Waals surface area contributed by atoms with Gasteiger partial charge < -0.3 is 4.90 Å². The fourth-order valence-electron chi connectivity index (χ4n) is 4.65. The number of hydrogen-bond acceptors (Lipinski definition) is 4. The van der Waals surface area contributed by atoms with Gasteiger partial charge in [0.25, 0.3) is 0 Å². The Morgan fingerprint density at radius 3 is 2.40 bits per heavy atom. The minimum atomic E-state index is -3.60. The molecule has 3 aromatic carbocycles. The maximum Gasteiger partial charge on any atom is 0.232 e. The lowest BCUT2D eigenvalue weighted by molar-refractivity contribution is -0.120. The number of nitrogens with zero attached hydrogens (tertiary/aromatic N) is 3. The number of anilines is 1. The van der Waals surface area contributed by atoms with Crippen molar-refractivity contribution in [1.82, 2.24) is 14.5 Å². The third-order valence-corrected chi connectivity index (χ3v) is 7.30. The number of halogens is 2. The second-order valence-electron chi connectivity index (χ2n) is 8.65. The van der Waals surface area contributed by atoms with Crippen molar-refractivity contribution >= 4 is 44.1 Å². The molecule has 1 N–H and O–H groups in total. The van der Waals surface area contributed by atoms with Crippen LogP contribution >= 0.6 is 11.6 Å². The van der Waals surface area contributed by atoms with Crippen LogP contribution in [0.3, 0.4) is 0 Å². The van der Waals surface area contributed by atoms with Gasteiger partial charge in [0, 0.05) is 16.1 Å². The molecule has 35 heavy (non-hydrogen) atoms. The number of rotatable bonds is 5. The Labute approximate surface area is 207 Å². The SMILES string of the molecule is C[C@@H]1C(=O)N(c2ccc3c(cnn3-c3ccc(F)cc3)c2)[C@H](c2ccccc2Cl)[C@H]1NS(C)(=O)=O. The number of carbonyl (C=O) groups excluding carboxylic acids is 1. The summed E-state index contributed by atoms with van der Waals surface area (Å²) < 4.78 is 42.0. The molecule has 1 amide bonds. The van der Waals surface area contributed by atoms with E-state index in [2.05, 4.69) is 9.82 Å². The Kier molecular flexibility index (Phi) is 5.86. The number of carbonyl (C=O) groups is 1. The molecule has 180 valence electrons. The van der Waals surface area contributed by atoms with Crippen molar-refractivity contribution in [3.05, 3.63) is 89.3 Å². The van der Waals surface area contributed by atoms with Gasteiger partial charge in [0.2, 0.25) is 15.9 Å². The van der Waals surface area contributed by atoms with Crippen LogP contribution in [0.2, 0.25) is 5.02 Å². The Bertz CT molecular complexity index is 1540. The van der Waals surface area contributed by atoms with Crippen molar-refractivity contribution in [3.8, 4) is 5.69 Å². The molecule has 1 aliphatic heterocycles. The van der Waals surface area contributed by atoms with Crippen LogP contribution in [0.15, 0.2) is 72.9 Å². The van der Waals surface area contributed by atoms with Gasteiger partial charge in [-0.2, -0.15) is 5.10 Å². The molecule has 1 aromatic heterocycles. The van der Waals surface area contributed by atoms with Gasteiger partial charge in [-0.15, -0.1) is 0 Å². The zero-order chi connectivity index (χ0) is 24.9. The van der Waals surface area contributed by atoms with Gasteiger partial charge >= 0.3 is 0 Å². The quantitative estimate of drug-likeness (QED) is 0.428. The third-order valence-electron chi connectivity index (χ3n) is 6.26. The van der Waals surface area contributed by atoms with Crippen molar-refractivity contribution < 1.29 is 17.6 Å². The first-order valence-electron chi connectivity index (χ1n) is 10.9. The number of hydrogen-bond donors (Lipinski definition) is 1. The lowest BCUT2D eigenvalue weighted by Crippen LogP contribution is -2.41. The number of aromatic nitrogens is 2. The standard InChI is InChI=1S/C25H22ClFN4O3S/c1-15-23(29-35(2,33)34)24(20-5-3-4-6-21(20)26)30(25(15)32)19-11-12-22-16(13-19)14-28-31(22)18-9-7-17(27)8-10-18/h3-15,23-24,29H,1-2H3/t15-,23-,24+/m0/s1. The summed E-state index contributed by atoms with van der Waals surface area (Å²) in [5.74, 6) is -1.18. The summed E-state index contributed by atoms with van der Waals surface area (Å²) in [4.78, 5) is 15.1. The predicted octanol–water partition coefficient (Wildman–Crippen LogP) is 4.46. The van der Waals surface area contributed by atoms with Gasteiger partial charge in [0.15, 0.2) is 0 Å². The molecule has 0 radical (unpaired) electrons. The smallest absolute Gasteiger partial charge is 0.232 e. The highest BCUT2D eigenvalue weighted by Gasteiger charge is 2.48. The van der Waals surface area contributed by atoms with E-state index >= 15 is 0 Å².